The average Bonchev–Trinajstić information content (AvgIpc) is 2.98. The summed E-state index contributed by atoms with van der Waals surface area (Å²) in [5, 5.41) is 2.90. The topological polar surface area (TPSA) is 119 Å². The molecule has 1 unspecified atom stereocenters. The molecule has 0 saturated carbocycles. The lowest BCUT2D eigenvalue weighted by atomic mass is 10.2. The molecule has 2 aromatic heterocycles. The first-order valence-electron chi connectivity index (χ1n) is 9.09. The lowest BCUT2D eigenvalue weighted by Crippen LogP contribution is -2.33. The first kappa shape index (κ1) is 18.6. The number of amides is 1. The number of nitrogens with one attached hydrogen (secondary N) is 2. The minimum absolute atomic E-state index is 0.109. The van der Waals surface area contributed by atoms with Crippen LogP contribution in [0.15, 0.2) is 35.1 Å². The van der Waals surface area contributed by atoms with E-state index in [4.69, 9.17) is 5.73 Å². The summed E-state index contributed by atoms with van der Waals surface area (Å²) in [6.45, 7) is 4.31. The fourth-order valence-corrected chi connectivity index (χ4v) is 3.14. The first-order valence-corrected chi connectivity index (χ1v) is 9.09. The van der Waals surface area contributed by atoms with Crippen molar-refractivity contribution in [2.24, 2.45) is 0 Å². The van der Waals surface area contributed by atoms with Crippen LogP contribution < -0.4 is 16.6 Å². The van der Waals surface area contributed by atoms with Gasteiger partial charge in [0.25, 0.3) is 5.56 Å². The fraction of sp³-hybridized carbons (Fsp3) is 0.368. The summed E-state index contributed by atoms with van der Waals surface area (Å²) in [6.07, 6.45) is 2.15. The number of carbonyl (C=O) groups excluding carboxylic acids is 1. The Morgan fingerprint density at radius 3 is 2.81 bits per heavy atom. The van der Waals surface area contributed by atoms with Crippen LogP contribution >= 0.6 is 0 Å². The minimum Gasteiger partial charge on any atom is -0.383 e. The van der Waals surface area contributed by atoms with Crippen molar-refractivity contribution in [1.29, 1.82) is 0 Å². The first-order chi connectivity index (χ1) is 13.0. The van der Waals surface area contributed by atoms with E-state index in [1.165, 1.54) is 6.07 Å². The van der Waals surface area contributed by atoms with Gasteiger partial charge in [-0.3, -0.25) is 9.59 Å². The van der Waals surface area contributed by atoms with Crippen LogP contribution in [-0.4, -0.2) is 32.0 Å². The van der Waals surface area contributed by atoms with Crippen LogP contribution in [0.3, 0.4) is 0 Å². The summed E-state index contributed by atoms with van der Waals surface area (Å²) in [7, 11) is 0. The maximum atomic E-state index is 12.7. The predicted octanol–water partition coefficient (Wildman–Crippen LogP) is 1.57. The Morgan fingerprint density at radius 1 is 1.30 bits per heavy atom. The van der Waals surface area contributed by atoms with Crippen LogP contribution in [0.1, 0.15) is 38.0 Å². The van der Waals surface area contributed by atoms with Gasteiger partial charge in [0.1, 0.15) is 23.5 Å². The number of aromatic amines is 1. The molecule has 0 aliphatic carbocycles. The minimum atomic E-state index is -0.396. The largest absolute Gasteiger partial charge is 0.383 e. The summed E-state index contributed by atoms with van der Waals surface area (Å²) >= 11 is 0. The van der Waals surface area contributed by atoms with E-state index in [9.17, 15) is 9.59 Å². The van der Waals surface area contributed by atoms with Gasteiger partial charge in [0.2, 0.25) is 5.91 Å². The third-order valence-corrected chi connectivity index (χ3v) is 4.38. The molecule has 0 aliphatic heterocycles. The quantitative estimate of drug-likeness (QED) is 0.585. The van der Waals surface area contributed by atoms with Crippen molar-refractivity contribution < 1.29 is 4.79 Å². The summed E-state index contributed by atoms with van der Waals surface area (Å²) in [5.74, 6) is 1.42. The van der Waals surface area contributed by atoms with Gasteiger partial charge in [0.05, 0.1) is 11.0 Å². The Hall–Kier alpha value is -3.16. The molecule has 3 aromatic rings. The van der Waals surface area contributed by atoms with E-state index >= 15 is 0 Å². The van der Waals surface area contributed by atoms with Crippen molar-refractivity contribution in [2.75, 3.05) is 12.3 Å². The van der Waals surface area contributed by atoms with Crippen LogP contribution in [0.5, 0.6) is 0 Å². The molecule has 142 valence electrons. The Morgan fingerprint density at radius 2 is 2.07 bits per heavy atom. The van der Waals surface area contributed by atoms with Gasteiger partial charge in [-0.15, -0.1) is 0 Å². The number of benzene rings is 1. The van der Waals surface area contributed by atoms with Gasteiger partial charge in [-0.2, -0.15) is 0 Å². The Balaban J connectivity index is 1.72. The van der Waals surface area contributed by atoms with Gasteiger partial charge in [-0.1, -0.05) is 19.1 Å². The maximum Gasteiger partial charge on any atom is 0.252 e. The molecule has 2 heterocycles. The second-order valence-corrected chi connectivity index (χ2v) is 6.47. The summed E-state index contributed by atoms with van der Waals surface area (Å²) < 4.78 is 1.99. The summed E-state index contributed by atoms with van der Waals surface area (Å²) in [5.41, 5.74) is 7.11. The summed E-state index contributed by atoms with van der Waals surface area (Å²) in [6, 6.07) is 8.65. The van der Waals surface area contributed by atoms with E-state index in [-0.39, 0.29) is 17.3 Å². The zero-order valence-corrected chi connectivity index (χ0v) is 15.5. The van der Waals surface area contributed by atoms with Gasteiger partial charge < -0.3 is 20.6 Å². The molecule has 0 spiro atoms. The van der Waals surface area contributed by atoms with E-state index < -0.39 is 6.04 Å². The van der Waals surface area contributed by atoms with Gasteiger partial charge in [-0.25, -0.2) is 9.97 Å². The van der Waals surface area contributed by atoms with Crippen LogP contribution in [-0.2, 0) is 17.6 Å². The molecule has 8 nitrogen and oxygen atoms in total. The van der Waals surface area contributed by atoms with E-state index in [0.717, 1.165) is 29.7 Å². The molecule has 27 heavy (non-hydrogen) atoms. The normalized spacial score (nSPS) is 12.2. The zero-order chi connectivity index (χ0) is 19.4. The number of rotatable bonds is 7. The van der Waals surface area contributed by atoms with Crippen molar-refractivity contribution >= 4 is 22.8 Å². The van der Waals surface area contributed by atoms with Crippen LogP contribution in [0.2, 0.25) is 0 Å². The van der Waals surface area contributed by atoms with Gasteiger partial charge >= 0.3 is 0 Å². The number of para-hydroxylation sites is 2. The van der Waals surface area contributed by atoms with Crippen LogP contribution in [0.4, 0.5) is 5.82 Å². The number of nitrogen functional groups attached to an aromatic ring is 1. The van der Waals surface area contributed by atoms with Crippen molar-refractivity contribution in [1.82, 2.24) is 24.8 Å². The molecule has 3 rings (SSSR count). The molecule has 0 aliphatic rings. The standard InChI is InChI=1S/C19H24N6O2/c1-3-6-17-22-13-7-4-5-8-14(13)25(17)12(2)19(27)21-10-9-16-23-15(20)11-18(26)24-16/h4-5,7-8,11-12H,3,6,9-10H2,1-2H3,(H,21,27)(H3,20,23,24,26). The van der Waals surface area contributed by atoms with E-state index in [1.54, 1.807) is 0 Å². The van der Waals surface area contributed by atoms with Crippen molar-refractivity contribution in [3.63, 3.8) is 0 Å². The Labute approximate surface area is 156 Å². The molecule has 0 fully saturated rings. The highest BCUT2D eigenvalue weighted by Gasteiger charge is 2.20. The smallest absolute Gasteiger partial charge is 0.252 e. The summed E-state index contributed by atoms with van der Waals surface area (Å²) in [4.78, 5) is 35.5. The predicted molar refractivity (Wildman–Crippen MR) is 104 cm³/mol. The molecule has 1 amide bonds. The number of anilines is 1. The fourth-order valence-electron chi connectivity index (χ4n) is 3.14. The number of carbonyl (C=O) groups is 1. The van der Waals surface area contributed by atoms with Crippen molar-refractivity contribution in [2.45, 2.75) is 39.2 Å². The third-order valence-electron chi connectivity index (χ3n) is 4.38. The molecular weight excluding hydrogens is 344 g/mol. The van der Waals surface area contributed by atoms with Gasteiger partial charge in [-0.05, 0) is 25.5 Å². The van der Waals surface area contributed by atoms with Gasteiger partial charge in [0, 0.05) is 25.5 Å². The molecular formula is C19H24N6O2. The average molecular weight is 368 g/mol. The number of aryl methyl sites for hydroxylation is 1. The number of imidazole rings is 1. The second-order valence-electron chi connectivity index (χ2n) is 6.47. The Kier molecular flexibility index (Phi) is 5.54. The number of aromatic nitrogens is 4. The number of nitrogens with zero attached hydrogens (tertiary/aromatic N) is 3. The van der Waals surface area contributed by atoms with Gasteiger partial charge in [0.15, 0.2) is 0 Å². The monoisotopic (exact) mass is 368 g/mol. The van der Waals surface area contributed by atoms with Crippen molar-refractivity contribution in [3.8, 4) is 0 Å². The maximum absolute atomic E-state index is 12.7. The third kappa shape index (κ3) is 4.16. The molecule has 0 saturated heterocycles. The highest BCUT2D eigenvalue weighted by molar-refractivity contribution is 5.84. The zero-order valence-electron chi connectivity index (χ0n) is 15.5. The van der Waals surface area contributed by atoms with Crippen LogP contribution in [0.25, 0.3) is 11.0 Å². The molecule has 0 radical (unpaired) electrons. The number of nitrogens with two attached hydrogens (primary N) is 1. The Bertz CT molecular complexity index is 1010. The van der Waals surface area contributed by atoms with Crippen LogP contribution in [0, 0.1) is 0 Å². The highest BCUT2D eigenvalue weighted by atomic mass is 16.2. The molecule has 1 atom stereocenters. The molecule has 0 bridgehead atoms. The highest BCUT2D eigenvalue weighted by Crippen LogP contribution is 2.22. The van der Waals surface area contributed by atoms with Crippen molar-refractivity contribution in [3.05, 3.63) is 52.3 Å². The molecule has 4 N–H and O–H groups in total. The van der Waals surface area contributed by atoms with E-state index in [0.29, 0.717) is 18.8 Å². The lowest BCUT2D eigenvalue weighted by molar-refractivity contribution is -0.123. The molecule has 1 aromatic carbocycles. The van der Waals surface area contributed by atoms with E-state index in [1.807, 2.05) is 35.8 Å². The lowest BCUT2D eigenvalue weighted by Gasteiger charge is -2.17. The SMILES string of the molecule is CCCc1nc2ccccc2n1C(C)C(=O)NCCc1nc(N)cc(=O)[nH]1. The number of hydrogen-bond donors (Lipinski definition) is 3. The molecule has 8 heteroatoms. The number of H-pyrrole nitrogens is 1. The second kappa shape index (κ2) is 8.03. The number of hydrogen-bond acceptors (Lipinski definition) is 5. The van der Waals surface area contributed by atoms with E-state index in [2.05, 4.69) is 27.2 Å². The number of fused-ring (bicyclic) bond motifs is 1.